The molecule has 0 spiro atoms. The molecule has 210 valence electrons. The number of amides is 2. The number of carbonyl (C=O) groups excluding carboxylic acids is 2. The molecule has 0 aliphatic carbocycles. The first-order valence-corrected chi connectivity index (χ1v) is 14.1. The van der Waals surface area contributed by atoms with Crippen molar-refractivity contribution in [3.05, 3.63) is 80.8 Å². The predicted octanol–water partition coefficient (Wildman–Crippen LogP) is 7.24. The summed E-state index contributed by atoms with van der Waals surface area (Å²) in [4.78, 5) is 30.5. The van der Waals surface area contributed by atoms with Gasteiger partial charge in [0.15, 0.2) is 5.69 Å². The topological polar surface area (TPSA) is 67.7 Å². The zero-order valence-corrected chi connectivity index (χ0v) is 24.2. The lowest BCUT2D eigenvalue weighted by molar-refractivity contribution is 0.0253. The van der Waals surface area contributed by atoms with Crippen molar-refractivity contribution >= 4 is 46.9 Å². The summed E-state index contributed by atoms with van der Waals surface area (Å²) >= 11 is 12.8. The van der Waals surface area contributed by atoms with Gasteiger partial charge in [0.1, 0.15) is 11.4 Å². The van der Waals surface area contributed by atoms with Crippen LogP contribution >= 0.6 is 23.2 Å². The van der Waals surface area contributed by atoms with Gasteiger partial charge in [0.25, 0.3) is 5.91 Å². The second-order valence-corrected chi connectivity index (χ2v) is 11.9. The molecule has 10 heteroatoms. The van der Waals surface area contributed by atoms with Crippen molar-refractivity contribution in [2.75, 3.05) is 19.6 Å². The number of aromatic nitrogens is 2. The summed E-state index contributed by atoms with van der Waals surface area (Å²) in [6.07, 6.45) is 4.30. The Morgan fingerprint density at radius 2 is 1.68 bits per heavy atom. The van der Waals surface area contributed by atoms with Crippen LogP contribution in [0.5, 0.6) is 0 Å². The fraction of sp³-hybridized carbons (Fsp3) is 0.367. The van der Waals surface area contributed by atoms with Crippen LogP contribution in [0.4, 0.5) is 9.18 Å². The third-order valence-electron chi connectivity index (χ3n) is 6.84. The van der Waals surface area contributed by atoms with Crippen molar-refractivity contribution in [1.82, 2.24) is 19.6 Å². The highest BCUT2D eigenvalue weighted by Gasteiger charge is 2.36. The summed E-state index contributed by atoms with van der Waals surface area (Å²) in [5, 5.41) is 5.66. The molecule has 2 amide bonds. The van der Waals surface area contributed by atoms with E-state index in [-0.39, 0.29) is 30.5 Å². The zero-order chi connectivity index (χ0) is 28.6. The highest BCUT2D eigenvalue weighted by molar-refractivity contribution is 6.35. The summed E-state index contributed by atoms with van der Waals surface area (Å²) in [6.45, 7) is 7.04. The van der Waals surface area contributed by atoms with Gasteiger partial charge >= 0.3 is 6.09 Å². The van der Waals surface area contributed by atoms with Gasteiger partial charge in [0.05, 0.1) is 29.5 Å². The first kappa shape index (κ1) is 28.2. The van der Waals surface area contributed by atoms with Crippen LogP contribution in [0.2, 0.25) is 10.0 Å². The summed E-state index contributed by atoms with van der Waals surface area (Å²) < 4.78 is 21.0. The van der Waals surface area contributed by atoms with E-state index in [1.807, 2.05) is 11.0 Å². The number of fused-ring (bicyclic) bond motifs is 1. The van der Waals surface area contributed by atoms with Crippen molar-refractivity contribution in [3.8, 4) is 5.69 Å². The molecule has 1 aromatic heterocycles. The first-order valence-electron chi connectivity index (χ1n) is 13.3. The van der Waals surface area contributed by atoms with Gasteiger partial charge in [0, 0.05) is 23.7 Å². The Morgan fingerprint density at radius 1 is 0.975 bits per heavy atom. The number of halogens is 3. The average molecular weight is 586 g/mol. The van der Waals surface area contributed by atoms with Crippen molar-refractivity contribution in [1.29, 1.82) is 0 Å². The Balaban J connectivity index is 1.71. The van der Waals surface area contributed by atoms with Crippen molar-refractivity contribution in [2.45, 2.75) is 52.2 Å². The summed E-state index contributed by atoms with van der Waals surface area (Å²) in [5.74, 6) is -0.541. The van der Waals surface area contributed by atoms with Crippen molar-refractivity contribution < 1.29 is 18.7 Å². The minimum absolute atomic E-state index is 0.130. The van der Waals surface area contributed by atoms with E-state index in [1.165, 1.54) is 12.1 Å². The predicted molar refractivity (Wildman–Crippen MR) is 154 cm³/mol. The highest BCUT2D eigenvalue weighted by atomic mass is 35.5. The van der Waals surface area contributed by atoms with Crippen molar-refractivity contribution in [2.24, 2.45) is 0 Å². The van der Waals surface area contributed by atoms with Gasteiger partial charge in [-0.05, 0) is 87.6 Å². The SMILES string of the molecule is CC(C)(C)OC(=O)N1CC(=Cc2ccc(F)cc2)c2c(c(C(=O)N3CCCCC3)nn2-c2ccc(Cl)cc2Cl)C1. The molecule has 0 N–H and O–H groups in total. The van der Waals surface area contributed by atoms with Gasteiger partial charge in [-0.2, -0.15) is 5.10 Å². The van der Waals surface area contributed by atoms with Gasteiger partial charge < -0.3 is 9.64 Å². The smallest absolute Gasteiger partial charge is 0.410 e. The Kier molecular flexibility index (Phi) is 7.93. The third-order valence-corrected chi connectivity index (χ3v) is 7.38. The van der Waals surface area contributed by atoms with Crippen LogP contribution in [0.15, 0.2) is 42.5 Å². The van der Waals surface area contributed by atoms with E-state index in [4.69, 9.17) is 33.0 Å². The third kappa shape index (κ3) is 6.03. The molecular formula is C30H31Cl2FN4O3. The van der Waals surface area contributed by atoms with E-state index in [0.717, 1.165) is 24.8 Å². The minimum atomic E-state index is -0.703. The van der Waals surface area contributed by atoms with Gasteiger partial charge in [0.2, 0.25) is 0 Å². The van der Waals surface area contributed by atoms with E-state index in [0.29, 0.717) is 45.7 Å². The highest BCUT2D eigenvalue weighted by Crippen LogP contribution is 2.37. The molecule has 0 radical (unpaired) electrons. The molecular weight excluding hydrogens is 554 g/mol. The molecule has 7 nitrogen and oxygen atoms in total. The molecule has 0 atom stereocenters. The lowest BCUT2D eigenvalue weighted by atomic mass is 9.97. The van der Waals surface area contributed by atoms with E-state index in [1.54, 1.807) is 60.7 Å². The molecule has 2 aromatic carbocycles. The van der Waals surface area contributed by atoms with Gasteiger partial charge in [-0.25, -0.2) is 13.9 Å². The standard InChI is InChI=1S/C30H31Cl2FN4O3/c1-30(2,3)40-29(39)36-17-20(15-19-7-10-22(33)11-8-19)27-23(18-36)26(28(38)35-13-5-4-6-14-35)34-37(27)25-12-9-21(31)16-24(25)32/h7-12,15-16H,4-6,13-14,17-18H2,1-3H3. The maximum Gasteiger partial charge on any atom is 0.410 e. The van der Waals surface area contributed by atoms with Crippen LogP contribution < -0.4 is 0 Å². The van der Waals surface area contributed by atoms with E-state index < -0.39 is 11.7 Å². The second-order valence-electron chi connectivity index (χ2n) is 11.1. The molecule has 1 fully saturated rings. The quantitative estimate of drug-likeness (QED) is 0.325. The number of hydrogen-bond donors (Lipinski definition) is 0. The molecule has 0 bridgehead atoms. The number of benzene rings is 2. The Bertz CT molecular complexity index is 1470. The Morgan fingerprint density at radius 3 is 2.33 bits per heavy atom. The van der Waals surface area contributed by atoms with E-state index in [9.17, 15) is 14.0 Å². The molecule has 3 aromatic rings. The van der Waals surface area contributed by atoms with Crippen LogP contribution in [0.3, 0.4) is 0 Å². The monoisotopic (exact) mass is 584 g/mol. The fourth-order valence-corrected chi connectivity index (χ4v) is 5.52. The second kappa shape index (κ2) is 11.3. The van der Waals surface area contributed by atoms with Crippen LogP contribution in [0.25, 0.3) is 17.3 Å². The Hall–Kier alpha value is -3.36. The van der Waals surface area contributed by atoms with Crippen LogP contribution in [0, 0.1) is 5.82 Å². The summed E-state index contributed by atoms with van der Waals surface area (Å²) in [7, 11) is 0. The number of ether oxygens (including phenoxy) is 1. The summed E-state index contributed by atoms with van der Waals surface area (Å²) in [5.41, 5.74) is 2.81. The molecule has 2 aliphatic rings. The lowest BCUT2D eigenvalue weighted by Crippen LogP contribution is -2.41. The van der Waals surface area contributed by atoms with Gasteiger partial charge in [-0.15, -0.1) is 0 Å². The van der Waals surface area contributed by atoms with Crippen LogP contribution in [-0.4, -0.2) is 56.8 Å². The molecule has 2 aliphatic heterocycles. The van der Waals surface area contributed by atoms with Gasteiger partial charge in [-0.3, -0.25) is 9.69 Å². The minimum Gasteiger partial charge on any atom is -0.444 e. The number of rotatable bonds is 3. The summed E-state index contributed by atoms with van der Waals surface area (Å²) in [6, 6.07) is 11.2. The largest absolute Gasteiger partial charge is 0.444 e. The lowest BCUT2D eigenvalue weighted by Gasteiger charge is -2.32. The molecule has 3 heterocycles. The van der Waals surface area contributed by atoms with Crippen LogP contribution in [-0.2, 0) is 11.3 Å². The molecule has 1 saturated heterocycles. The molecule has 40 heavy (non-hydrogen) atoms. The number of hydrogen-bond acceptors (Lipinski definition) is 4. The zero-order valence-electron chi connectivity index (χ0n) is 22.7. The van der Waals surface area contributed by atoms with Crippen LogP contribution in [0.1, 0.15) is 67.3 Å². The number of piperidine rings is 1. The Labute approximate surface area is 243 Å². The molecule has 5 rings (SSSR count). The van der Waals surface area contributed by atoms with E-state index >= 15 is 0 Å². The fourth-order valence-electron chi connectivity index (χ4n) is 5.03. The molecule has 0 saturated carbocycles. The normalized spacial score (nSPS) is 16.7. The number of nitrogens with zero attached hydrogens (tertiary/aromatic N) is 4. The maximum atomic E-state index is 13.9. The average Bonchev–Trinajstić information content (AvgIpc) is 3.28. The number of likely N-dealkylation sites (tertiary alicyclic amines) is 1. The first-order chi connectivity index (χ1) is 19.0. The van der Waals surface area contributed by atoms with Gasteiger partial charge in [-0.1, -0.05) is 35.3 Å². The maximum absolute atomic E-state index is 13.9. The number of carbonyl (C=O) groups is 2. The van der Waals surface area contributed by atoms with Crippen molar-refractivity contribution in [3.63, 3.8) is 0 Å². The van der Waals surface area contributed by atoms with E-state index in [2.05, 4.69) is 0 Å². The molecule has 0 unspecified atom stereocenters.